The lowest BCUT2D eigenvalue weighted by molar-refractivity contribution is 0.371. The van der Waals surface area contributed by atoms with Crippen molar-refractivity contribution in [3.63, 3.8) is 0 Å². The number of nitrogens with one attached hydrogen (secondary N) is 2. The summed E-state index contributed by atoms with van der Waals surface area (Å²) in [6, 6.07) is -0.504. The second kappa shape index (κ2) is 6.26. The van der Waals surface area contributed by atoms with Crippen molar-refractivity contribution < 1.29 is 12.8 Å². The van der Waals surface area contributed by atoms with Gasteiger partial charge >= 0.3 is 0 Å². The zero-order valence-electron chi connectivity index (χ0n) is 11.1. The van der Waals surface area contributed by atoms with Crippen LogP contribution in [0.5, 0.6) is 0 Å². The second-order valence-corrected chi connectivity index (χ2v) is 5.99. The maximum absolute atomic E-state index is 11.7. The molecule has 1 aromatic heterocycles. The Balaban J connectivity index is 2.86. The van der Waals surface area contributed by atoms with Gasteiger partial charge in [-0.2, -0.15) is 13.1 Å². The molecule has 0 spiro atoms. The van der Waals surface area contributed by atoms with E-state index in [0.717, 1.165) is 0 Å². The third-order valence-electron chi connectivity index (χ3n) is 2.18. The van der Waals surface area contributed by atoms with Crippen molar-refractivity contribution in [1.29, 1.82) is 0 Å². The van der Waals surface area contributed by atoms with E-state index in [1.54, 1.807) is 13.8 Å². The molecule has 0 saturated carbocycles. The zero-order valence-corrected chi connectivity index (χ0v) is 11.9. The maximum Gasteiger partial charge on any atom is 0.277 e. The Labute approximate surface area is 108 Å². The van der Waals surface area contributed by atoms with Gasteiger partial charge in [0.1, 0.15) is 6.04 Å². The molecule has 0 aromatic carbocycles. The molecule has 0 amide bonds. The molecule has 0 aliphatic rings. The van der Waals surface area contributed by atoms with Crippen LogP contribution in [-0.4, -0.2) is 25.2 Å². The second-order valence-electron chi connectivity index (χ2n) is 4.46. The van der Waals surface area contributed by atoms with Crippen molar-refractivity contribution in [3.8, 4) is 0 Å². The molecule has 1 heterocycles. The van der Waals surface area contributed by atoms with E-state index in [4.69, 9.17) is 4.42 Å². The molecule has 18 heavy (non-hydrogen) atoms. The summed E-state index contributed by atoms with van der Waals surface area (Å²) in [5, 5.41) is 7.59. The van der Waals surface area contributed by atoms with Gasteiger partial charge in [-0.05, 0) is 12.3 Å². The first-order valence-electron chi connectivity index (χ1n) is 5.91. The summed E-state index contributed by atoms with van der Waals surface area (Å²) in [7, 11) is -3.54. The normalized spacial score (nSPS) is 14.1. The first kappa shape index (κ1) is 15.1. The predicted molar refractivity (Wildman–Crippen MR) is 67.0 cm³/mol. The Morgan fingerprint density at radius 2 is 2.00 bits per heavy atom. The van der Waals surface area contributed by atoms with Gasteiger partial charge < -0.3 is 4.42 Å². The average molecular weight is 276 g/mol. The molecule has 0 aliphatic carbocycles. The Bertz CT molecular complexity index is 469. The van der Waals surface area contributed by atoms with Gasteiger partial charge in [-0.25, -0.2) is 4.72 Å². The quantitative estimate of drug-likeness (QED) is 0.771. The van der Waals surface area contributed by atoms with E-state index in [9.17, 15) is 8.42 Å². The zero-order chi connectivity index (χ0) is 13.8. The van der Waals surface area contributed by atoms with E-state index in [2.05, 4.69) is 19.6 Å². The van der Waals surface area contributed by atoms with Crippen molar-refractivity contribution in [2.24, 2.45) is 5.92 Å². The summed E-state index contributed by atoms with van der Waals surface area (Å²) in [4.78, 5) is 0. The SMILES string of the molecule is CCNS(=O)(=O)NC(CC(C)C)c1nnc(C)o1. The van der Waals surface area contributed by atoms with E-state index in [1.165, 1.54) is 0 Å². The molecule has 0 bridgehead atoms. The number of nitrogens with zero attached hydrogens (tertiary/aromatic N) is 2. The maximum atomic E-state index is 11.7. The van der Waals surface area contributed by atoms with Crippen LogP contribution in [0.1, 0.15) is 45.0 Å². The van der Waals surface area contributed by atoms with E-state index >= 15 is 0 Å². The highest BCUT2D eigenvalue weighted by atomic mass is 32.2. The van der Waals surface area contributed by atoms with Gasteiger partial charge in [-0.1, -0.05) is 20.8 Å². The molecule has 0 fully saturated rings. The van der Waals surface area contributed by atoms with Crippen LogP contribution in [0.15, 0.2) is 4.42 Å². The third kappa shape index (κ3) is 4.71. The van der Waals surface area contributed by atoms with Crippen LogP contribution in [0.4, 0.5) is 0 Å². The minimum Gasteiger partial charge on any atom is -0.424 e. The fourth-order valence-corrected chi connectivity index (χ4v) is 2.58. The first-order valence-corrected chi connectivity index (χ1v) is 7.39. The van der Waals surface area contributed by atoms with Crippen LogP contribution in [0, 0.1) is 12.8 Å². The number of hydrogen-bond donors (Lipinski definition) is 2. The molecule has 1 unspecified atom stereocenters. The lowest BCUT2D eigenvalue weighted by Gasteiger charge is -2.17. The van der Waals surface area contributed by atoms with Crippen LogP contribution in [-0.2, 0) is 10.2 Å². The van der Waals surface area contributed by atoms with Gasteiger partial charge in [0.25, 0.3) is 10.2 Å². The number of rotatable bonds is 7. The van der Waals surface area contributed by atoms with Crippen molar-refractivity contribution in [3.05, 3.63) is 11.8 Å². The Kier molecular flexibility index (Phi) is 5.24. The molecule has 1 atom stereocenters. The van der Waals surface area contributed by atoms with Crippen molar-refractivity contribution in [1.82, 2.24) is 19.6 Å². The Hall–Kier alpha value is -0.990. The smallest absolute Gasteiger partial charge is 0.277 e. The highest BCUT2D eigenvalue weighted by molar-refractivity contribution is 7.87. The van der Waals surface area contributed by atoms with E-state index in [-0.39, 0.29) is 0 Å². The summed E-state index contributed by atoms with van der Waals surface area (Å²) >= 11 is 0. The molecule has 0 saturated heterocycles. The highest BCUT2D eigenvalue weighted by Gasteiger charge is 2.24. The summed E-state index contributed by atoms with van der Waals surface area (Å²) < 4.78 is 33.6. The number of hydrogen-bond acceptors (Lipinski definition) is 5. The van der Waals surface area contributed by atoms with Crippen molar-refractivity contribution in [2.75, 3.05) is 6.54 Å². The molecule has 2 N–H and O–H groups in total. The molecule has 1 rings (SSSR count). The molecule has 104 valence electrons. The molecule has 1 aromatic rings. The van der Waals surface area contributed by atoms with Crippen LogP contribution >= 0.6 is 0 Å². The monoisotopic (exact) mass is 276 g/mol. The number of aryl methyl sites for hydroxylation is 1. The minimum absolute atomic E-state index is 0.294. The summed E-state index contributed by atoms with van der Waals surface area (Å²) in [6.45, 7) is 7.71. The third-order valence-corrected chi connectivity index (χ3v) is 3.44. The lowest BCUT2D eigenvalue weighted by atomic mass is 10.0. The van der Waals surface area contributed by atoms with E-state index in [1.807, 2.05) is 13.8 Å². The van der Waals surface area contributed by atoms with Crippen LogP contribution in [0.3, 0.4) is 0 Å². The molecule has 8 heteroatoms. The van der Waals surface area contributed by atoms with Crippen molar-refractivity contribution in [2.45, 2.75) is 40.2 Å². The topological polar surface area (TPSA) is 97.1 Å². The van der Waals surface area contributed by atoms with Gasteiger partial charge in [0, 0.05) is 13.5 Å². The fraction of sp³-hybridized carbons (Fsp3) is 0.800. The predicted octanol–water partition coefficient (Wildman–Crippen LogP) is 0.909. The molecular formula is C10H20N4O3S. The molecule has 0 aliphatic heterocycles. The van der Waals surface area contributed by atoms with Crippen molar-refractivity contribution >= 4 is 10.2 Å². The Morgan fingerprint density at radius 3 is 2.44 bits per heavy atom. The van der Waals surface area contributed by atoms with Crippen LogP contribution in [0.2, 0.25) is 0 Å². The largest absolute Gasteiger partial charge is 0.424 e. The van der Waals surface area contributed by atoms with E-state index in [0.29, 0.717) is 30.7 Å². The minimum atomic E-state index is -3.54. The lowest BCUT2D eigenvalue weighted by Crippen LogP contribution is -2.39. The van der Waals surface area contributed by atoms with Crippen LogP contribution in [0.25, 0.3) is 0 Å². The fourth-order valence-electron chi connectivity index (χ4n) is 1.54. The molecule has 0 radical (unpaired) electrons. The summed E-state index contributed by atoms with van der Waals surface area (Å²) in [6.07, 6.45) is 0.590. The van der Waals surface area contributed by atoms with Crippen LogP contribution < -0.4 is 9.44 Å². The van der Waals surface area contributed by atoms with Gasteiger partial charge in [0.15, 0.2) is 0 Å². The first-order chi connectivity index (χ1) is 8.34. The van der Waals surface area contributed by atoms with Gasteiger partial charge in [0.2, 0.25) is 11.8 Å². The summed E-state index contributed by atoms with van der Waals surface area (Å²) in [5.41, 5.74) is 0. The van der Waals surface area contributed by atoms with Gasteiger partial charge in [0.05, 0.1) is 0 Å². The van der Waals surface area contributed by atoms with Gasteiger partial charge in [-0.15, -0.1) is 10.2 Å². The summed E-state index contributed by atoms with van der Waals surface area (Å²) in [5.74, 6) is 1.01. The highest BCUT2D eigenvalue weighted by Crippen LogP contribution is 2.20. The molecule has 7 nitrogen and oxygen atoms in total. The Morgan fingerprint density at radius 1 is 1.33 bits per heavy atom. The van der Waals surface area contributed by atoms with E-state index < -0.39 is 16.3 Å². The standard InChI is InChI=1S/C10H20N4O3S/c1-5-11-18(15,16)14-9(6-7(2)3)10-13-12-8(4)17-10/h7,9,11,14H,5-6H2,1-4H3. The van der Waals surface area contributed by atoms with Gasteiger partial charge in [-0.3, -0.25) is 0 Å². The molecular weight excluding hydrogens is 256 g/mol. The average Bonchev–Trinajstić information content (AvgIpc) is 2.62. The number of aromatic nitrogens is 2.